The van der Waals surface area contributed by atoms with Crippen molar-refractivity contribution in [1.82, 2.24) is 13.9 Å². The van der Waals surface area contributed by atoms with E-state index < -0.39 is 10.2 Å². The molecule has 122 valence electrons. The molecule has 0 saturated carbocycles. The van der Waals surface area contributed by atoms with E-state index in [1.807, 2.05) is 6.08 Å². The summed E-state index contributed by atoms with van der Waals surface area (Å²) >= 11 is 0. The first-order chi connectivity index (χ1) is 9.89. The highest BCUT2D eigenvalue weighted by molar-refractivity contribution is 7.86. The zero-order valence-corrected chi connectivity index (χ0v) is 14.3. The molecule has 0 aromatic heterocycles. The normalized spacial score (nSPS) is 26.1. The molecule has 1 saturated heterocycles. The molecule has 5 nitrogen and oxygen atoms in total. The molecule has 0 aromatic rings. The van der Waals surface area contributed by atoms with Crippen molar-refractivity contribution in [3.8, 4) is 0 Å². The summed E-state index contributed by atoms with van der Waals surface area (Å²) < 4.78 is 28.8. The molecule has 1 unspecified atom stereocenters. The van der Waals surface area contributed by atoms with Crippen LogP contribution in [0.1, 0.15) is 40.0 Å². The molecular formula is C15H29N3O2S. The maximum absolute atomic E-state index is 12.7. The third kappa shape index (κ3) is 4.52. The first-order valence-electron chi connectivity index (χ1n) is 8.04. The smallest absolute Gasteiger partial charge is 0.282 e. The van der Waals surface area contributed by atoms with Gasteiger partial charge in [0, 0.05) is 32.2 Å². The zero-order chi connectivity index (χ0) is 15.5. The molecule has 0 aliphatic carbocycles. The van der Waals surface area contributed by atoms with E-state index in [0.717, 1.165) is 25.8 Å². The van der Waals surface area contributed by atoms with Crippen LogP contribution in [0.15, 0.2) is 11.6 Å². The Morgan fingerprint density at radius 1 is 1.33 bits per heavy atom. The molecule has 6 heteroatoms. The lowest BCUT2D eigenvalue weighted by Crippen LogP contribution is -2.50. The SMILES string of the molecule is CC1=CCN(S(=O)(=O)N2CCCC(CNC(C)C)C2)CC1. The fraction of sp³-hybridized carbons (Fsp3) is 0.867. The van der Waals surface area contributed by atoms with E-state index in [4.69, 9.17) is 0 Å². The van der Waals surface area contributed by atoms with Crippen LogP contribution in [0.5, 0.6) is 0 Å². The summed E-state index contributed by atoms with van der Waals surface area (Å²) in [6, 6.07) is 0.451. The van der Waals surface area contributed by atoms with Crippen LogP contribution in [-0.4, -0.2) is 55.8 Å². The van der Waals surface area contributed by atoms with Crippen LogP contribution in [0.4, 0.5) is 0 Å². The van der Waals surface area contributed by atoms with Crippen molar-refractivity contribution in [2.24, 2.45) is 5.92 Å². The second-order valence-electron chi connectivity index (χ2n) is 6.60. The Morgan fingerprint density at radius 2 is 2.10 bits per heavy atom. The van der Waals surface area contributed by atoms with Crippen molar-refractivity contribution in [3.63, 3.8) is 0 Å². The average molecular weight is 315 g/mol. The fourth-order valence-electron chi connectivity index (χ4n) is 2.93. The van der Waals surface area contributed by atoms with Crippen molar-refractivity contribution < 1.29 is 8.42 Å². The highest BCUT2D eigenvalue weighted by atomic mass is 32.2. The standard InChI is InChI=1S/C15H29N3O2S/c1-13(2)16-11-15-5-4-8-18(12-15)21(19,20)17-9-6-14(3)7-10-17/h6,13,15-16H,4-5,7-12H2,1-3H3. The minimum Gasteiger partial charge on any atom is -0.314 e. The molecule has 2 aliphatic rings. The summed E-state index contributed by atoms with van der Waals surface area (Å²) in [5.74, 6) is 0.429. The quantitative estimate of drug-likeness (QED) is 0.784. The number of nitrogens with one attached hydrogen (secondary N) is 1. The monoisotopic (exact) mass is 315 g/mol. The fourth-order valence-corrected chi connectivity index (χ4v) is 4.60. The van der Waals surface area contributed by atoms with Gasteiger partial charge in [-0.15, -0.1) is 0 Å². The zero-order valence-electron chi connectivity index (χ0n) is 13.5. The van der Waals surface area contributed by atoms with Gasteiger partial charge in [0.15, 0.2) is 0 Å². The maximum atomic E-state index is 12.7. The predicted octanol–water partition coefficient (Wildman–Crippen LogP) is 1.59. The van der Waals surface area contributed by atoms with Crippen LogP contribution in [0, 0.1) is 5.92 Å². The van der Waals surface area contributed by atoms with Gasteiger partial charge in [0.05, 0.1) is 0 Å². The first-order valence-corrected chi connectivity index (χ1v) is 9.43. The van der Waals surface area contributed by atoms with Crippen LogP contribution in [0.3, 0.4) is 0 Å². The van der Waals surface area contributed by atoms with Crippen molar-refractivity contribution in [2.75, 3.05) is 32.7 Å². The molecule has 21 heavy (non-hydrogen) atoms. The summed E-state index contributed by atoms with van der Waals surface area (Å²) in [6.07, 6.45) is 4.96. The lowest BCUT2D eigenvalue weighted by molar-refractivity contribution is 0.240. The van der Waals surface area contributed by atoms with Crippen molar-refractivity contribution >= 4 is 10.2 Å². The topological polar surface area (TPSA) is 52.7 Å². The van der Waals surface area contributed by atoms with Gasteiger partial charge >= 0.3 is 0 Å². The maximum Gasteiger partial charge on any atom is 0.282 e. The van der Waals surface area contributed by atoms with Gasteiger partial charge in [0.2, 0.25) is 0 Å². The van der Waals surface area contributed by atoms with E-state index in [0.29, 0.717) is 38.1 Å². The second-order valence-corrected chi connectivity index (χ2v) is 8.52. The molecule has 2 aliphatic heterocycles. The Labute approximate surface area is 129 Å². The summed E-state index contributed by atoms with van der Waals surface area (Å²) in [4.78, 5) is 0. The Morgan fingerprint density at radius 3 is 2.71 bits per heavy atom. The summed E-state index contributed by atoms with van der Waals surface area (Å²) in [5.41, 5.74) is 1.29. The van der Waals surface area contributed by atoms with Gasteiger partial charge in [-0.25, -0.2) is 0 Å². The Bertz CT molecular complexity index is 473. The van der Waals surface area contributed by atoms with Crippen molar-refractivity contribution in [2.45, 2.75) is 46.1 Å². The number of nitrogens with zero attached hydrogens (tertiary/aromatic N) is 2. The molecule has 2 rings (SSSR count). The third-order valence-electron chi connectivity index (χ3n) is 4.35. The largest absolute Gasteiger partial charge is 0.314 e. The molecule has 0 amide bonds. The molecule has 1 fully saturated rings. The Balaban J connectivity index is 1.96. The van der Waals surface area contributed by atoms with E-state index in [-0.39, 0.29) is 0 Å². The van der Waals surface area contributed by atoms with E-state index in [1.165, 1.54) is 5.57 Å². The highest BCUT2D eigenvalue weighted by Gasteiger charge is 2.33. The van der Waals surface area contributed by atoms with Gasteiger partial charge < -0.3 is 5.32 Å². The summed E-state index contributed by atoms with van der Waals surface area (Å²) in [7, 11) is -3.29. The van der Waals surface area contributed by atoms with E-state index in [2.05, 4.69) is 26.1 Å². The summed E-state index contributed by atoms with van der Waals surface area (Å²) in [5, 5.41) is 3.43. The average Bonchev–Trinajstić information content (AvgIpc) is 2.46. The number of hydrogen-bond acceptors (Lipinski definition) is 3. The van der Waals surface area contributed by atoms with E-state index >= 15 is 0 Å². The lowest BCUT2D eigenvalue weighted by atomic mass is 9.99. The van der Waals surface area contributed by atoms with Crippen LogP contribution >= 0.6 is 0 Å². The van der Waals surface area contributed by atoms with Crippen LogP contribution < -0.4 is 5.32 Å². The molecular weight excluding hydrogens is 286 g/mol. The minimum absolute atomic E-state index is 0.429. The van der Waals surface area contributed by atoms with Crippen molar-refractivity contribution in [3.05, 3.63) is 11.6 Å². The van der Waals surface area contributed by atoms with Gasteiger partial charge in [0.1, 0.15) is 0 Å². The molecule has 2 heterocycles. The van der Waals surface area contributed by atoms with Crippen molar-refractivity contribution in [1.29, 1.82) is 0 Å². The van der Waals surface area contributed by atoms with Gasteiger partial charge in [-0.05, 0) is 38.6 Å². The van der Waals surface area contributed by atoms with Crippen LogP contribution in [-0.2, 0) is 10.2 Å². The van der Waals surface area contributed by atoms with Crippen LogP contribution in [0.2, 0.25) is 0 Å². The second kappa shape index (κ2) is 7.22. The predicted molar refractivity (Wildman–Crippen MR) is 86.3 cm³/mol. The van der Waals surface area contributed by atoms with Gasteiger partial charge in [-0.2, -0.15) is 17.0 Å². The van der Waals surface area contributed by atoms with Gasteiger partial charge in [0.25, 0.3) is 10.2 Å². The Kier molecular flexibility index (Phi) is 5.82. The van der Waals surface area contributed by atoms with Gasteiger partial charge in [-0.1, -0.05) is 25.5 Å². The number of piperidine rings is 1. The van der Waals surface area contributed by atoms with Crippen LogP contribution in [0.25, 0.3) is 0 Å². The van der Waals surface area contributed by atoms with E-state index in [1.54, 1.807) is 8.61 Å². The van der Waals surface area contributed by atoms with Gasteiger partial charge in [-0.3, -0.25) is 0 Å². The molecule has 1 atom stereocenters. The Hall–Kier alpha value is -0.430. The lowest BCUT2D eigenvalue weighted by Gasteiger charge is -2.36. The molecule has 0 bridgehead atoms. The number of rotatable bonds is 5. The molecule has 0 spiro atoms. The minimum atomic E-state index is -3.29. The molecule has 1 N–H and O–H groups in total. The van der Waals surface area contributed by atoms with E-state index in [9.17, 15) is 8.42 Å². The molecule has 0 aromatic carbocycles. The number of hydrogen-bond donors (Lipinski definition) is 1. The third-order valence-corrected chi connectivity index (χ3v) is 6.32. The first kappa shape index (κ1) is 16.9. The highest BCUT2D eigenvalue weighted by Crippen LogP contribution is 2.23. The summed E-state index contributed by atoms with van der Waals surface area (Å²) in [6.45, 7) is 9.69. The molecule has 0 radical (unpaired) electrons.